The second-order valence-corrected chi connectivity index (χ2v) is 5.64. The molecule has 2 rings (SSSR count). The smallest absolute Gasteiger partial charge is 0.266 e. The summed E-state index contributed by atoms with van der Waals surface area (Å²) >= 11 is 0. The predicted octanol–water partition coefficient (Wildman–Crippen LogP) is 1.30. The highest BCUT2D eigenvalue weighted by Crippen LogP contribution is 2.26. The summed E-state index contributed by atoms with van der Waals surface area (Å²) in [6, 6.07) is 5.09. The Morgan fingerprint density at radius 1 is 1.36 bits per heavy atom. The third kappa shape index (κ3) is 4.61. The Kier molecular flexibility index (Phi) is 5.57. The summed E-state index contributed by atoms with van der Waals surface area (Å²) in [5.41, 5.74) is 3.29. The number of pyridine rings is 1. The van der Waals surface area contributed by atoms with E-state index < -0.39 is 6.04 Å². The molecule has 1 saturated carbocycles. The number of amides is 1. The molecule has 7 heteroatoms. The number of hydrogen-bond acceptors (Lipinski definition) is 4. The number of rotatable bonds is 5. The van der Waals surface area contributed by atoms with Gasteiger partial charge >= 0.3 is 5.91 Å². The average molecular weight is 305 g/mol. The summed E-state index contributed by atoms with van der Waals surface area (Å²) < 4.78 is 1.75. The van der Waals surface area contributed by atoms with Gasteiger partial charge in [-0.1, -0.05) is 6.07 Å². The first-order valence-corrected chi connectivity index (χ1v) is 7.47. The number of hydrogen-bond donors (Lipinski definition) is 1. The first-order valence-electron chi connectivity index (χ1n) is 7.47. The molecule has 0 bridgehead atoms. The van der Waals surface area contributed by atoms with Crippen molar-refractivity contribution in [2.45, 2.75) is 45.2 Å². The van der Waals surface area contributed by atoms with Crippen LogP contribution in [-0.4, -0.2) is 22.6 Å². The number of carbonyl (C=O) groups excluding carboxylic acids is 1. The van der Waals surface area contributed by atoms with Crippen molar-refractivity contribution in [1.82, 2.24) is 5.43 Å². The summed E-state index contributed by atoms with van der Waals surface area (Å²) in [5, 5.41) is 15.0. The third-order valence-corrected chi connectivity index (χ3v) is 4.00. The number of nitrogens with zero attached hydrogens (tertiary/aromatic N) is 3. The maximum atomic E-state index is 11.8. The van der Waals surface area contributed by atoms with Crippen LogP contribution in [0, 0.1) is 16.0 Å². The van der Waals surface area contributed by atoms with Crippen LogP contribution in [0.2, 0.25) is 0 Å². The molecule has 0 aliphatic heterocycles. The molecule has 0 unspecified atom stereocenters. The van der Waals surface area contributed by atoms with E-state index in [1.54, 1.807) is 17.0 Å². The van der Waals surface area contributed by atoms with E-state index in [1.807, 2.05) is 25.1 Å². The zero-order valence-electron chi connectivity index (χ0n) is 12.6. The van der Waals surface area contributed by atoms with Crippen LogP contribution in [0.3, 0.4) is 0 Å². The largest absolute Gasteiger partial charge is 0.305 e. The summed E-state index contributed by atoms with van der Waals surface area (Å²) in [7, 11) is 0. The Morgan fingerprint density at radius 3 is 2.77 bits per heavy atom. The molecular weight excluding hydrogens is 284 g/mol. The van der Waals surface area contributed by atoms with Crippen LogP contribution in [0.25, 0.3) is 0 Å². The van der Waals surface area contributed by atoms with Crippen molar-refractivity contribution in [2.24, 2.45) is 11.0 Å². The van der Waals surface area contributed by atoms with Crippen molar-refractivity contribution < 1.29 is 14.3 Å². The normalized spacial score (nSPS) is 22.1. The molecular formula is C15H21N4O3+. The fraction of sp³-hybridized carbons (Fsp3) is 0.533. The van der Waals surface area contributed by atoms with Crippen molar-refractivity contribution in [3.05, 3.63) is 40.7 Å². The Morgan fingerprint density at radius 2 is 2.09 bits per heavy atom. The van der Waals surface area contributed by atoms with E-state index >= 15 is 0 Å². The second kappa shape index (κ2) is 7.63. The number of aromatic nitrogens is 1. The monoisotopic (exact) mass is 305 g/mol. The summed E-state index contributed by atoms with van der Waals surface area (Å²) in [4.78, 5) is 22.5. The SMILES string of the molecule is C/C(=N/NC(=O)C[n+]1ccccc1)[C@H]1CCC[C@@H]([N+](=O)[O-])C1. The van der Waals surface area contributed by atoms with Gasteiger partial charge in [-0.15, -0.1) is 0 Å². The van der Waals surface area contributed by atoms with Crippen LogP contribution in [-0.2, 0) is 11.3 Å². The lowest BCUT2D eigenvalue weighted by Gasteiger charge is -2.23. The molecule has 1 aliphatic carbocycles. The molecule has 1 heterocycles. The fourth-order valence-corrected chi connectivity index (χ4v) is 2.72. The molecule has 0 spiro atoms. The average Bonchev–Trinajstić information content (AvgIpc) is 2.53. The van der Waals surface area contributed by atoms with Gasteiger partial charge in [0.25, 0.3) is 0 Å². The quantitative estimate of drug-likeness (QED) is 0.385. The van der Waals surface area contributed by atoms with E-state index in [0.29, 0.717) is 12.8 Å². The first kappa shape index (κ1) is 16.1. The molecule has 118 valence electrons. The summed E-state index contributed by atoms with van der Waals surface area (Å²) in [6.45, 7) is 2.02. The predicted molar refractivity (Wildman–Crippen MR) is 80.6 cm³/mol. The highest BCUT2D eigenvalue weighted by molar-refractivity contribution is 5.86. The molecule has 1 amide bonds. The molecule has 0 radical (unpaired) electrons. The van der Waals surface area contributed by atoms with Gasteiger partial charge < -0.3 is 0 Å². The van der Waals surface area contributed by atoms with Crippen LogP contribution in [0.5, 0.6) is 0 Å². The van der Waals surface area contributed by atoms with E-state index in [2.05, 4.69) is 10.5 Å². The van der Waals surface area contributed by atoms with Gasteiger partial charge in [-0.25, -0.2) is 5.43 Å². The number of carbonyl (C=O) groups is 1. The van der Waals surface area contributed by atoms with Crippen LogP contribution < -0.4 is 9.99 Å². The van der Waals surface area contributed by atoms with Gasteiger partial charge in [-0.2, -0.15) is 9.67 Å². The van der Waals surface area contributed by atoms with E-state index in [-0.39, 0.29) is 23.3 Å². The number of hydrazone groups is 1. The zero-order chi connectivity index (χ0) is 15.9. The van der Waals surface area contributed by atoms with Gasteiger partial charge in [0, 0.05) is 41.5 Å². The lowest BCUT2D eigenvalue weighted by molar-refractivity contribution is -0.684. The molecule has 1 aromatic rings. The first-order chi connectivity index (χ1) is 10.6. The maximum absolute atomic E-state index is 11.8. The Labute approximate surface area is 129 Å². The molecule has 2 atom stereocenters. The Hall–Kier alpha value is -2.31. The molecule has 1 fully saturated rings. The summed E-state index contributed by atoms with van der Waals surface area (Å²) in [5.74, 6) is -0.133. The Bertz CT molecular complexity index is 559. The molecule has 0 saturated heterocycles. The maximum Gasteiger partial charge on any atom is 0.305 e. The van der Waals surface area contributed by atoms with E-state index in [0.717, 1.165) is 18.6 Å². The number of nitrogens with one attached hydrogen (secondary N) is 1. The minimum Gasteiger partial charge on any atom is -0.266 e. The van der Waals surface area contributed by atoms with E-state index in [4.69, 9.17) is 0 Å². The van der Waals surface area contributed by atoms with Crippen LogP contribution in [0.1, 0.15) is 32.6 Å². The van der Waals surface area contributed by atoms with Crippen molar-refractivity contribution >= 4 is 11.6 Å². The van der Waals surface area contributed by atoms with Crippen LogP contribution in [0.15, 0.2) is 35.7 Å². The van der Waals surface area contributed by atoms with E-state index in [1.165, 1.54) is 0 Å². The highest BCUT2D eigenvalue weighted by Gasteiger charge is 2.31. The highest BCUT2D eigenvalue weighted by atomic mass is 16.6. The van der Waals surface area contributed by atoms with Crippen LogP contribution >= 0.6 is 0 Å². The van der Waals surface area contributed by atoms with E-state index in [9.17, 15) is 14.9 Å². The van der Waals surface area contributed by atoms with Gasteiger partial charge in [0.15, 0.2) is 12.4 Å². The molecule has 22 heavy (non-hydrogen) atoms. The lowest BCUT2D eigenvalue weighted by Crippen LogP contribution is -2.41. The number of nitro groups is 1. The van der Waals surface area contributed by atoms with Gasteiger partial charge in [0.2, 0.25) is 12.6 Å². The lowest BCUT2D eigenvalue weighted by atomic mass is 9.83. The zero-order valence-corrected chi connectivity index (χ0v) is 12.6. The summed E-state index contributed by atoms with van der Waals surface area (Å²) in [6.07, 6.45) is 6.47. The van der Waals surface area contributed by atoms with Crippen molar-refractivity contribution in [1.29, 1.82) is 0 Å². The molecule has 7 nitrogen and oxygen atoms in total. The van der Waals surface area contributed by atoms with Gasteiger partial charge in [-0.3, -0.25) is 14.9 Å². The van der Waals surface area contributed by atoms with Crippen LogP contribution in [0.4, 0.5) is 0 Å². The topological polar surface area (TPSA) is 88.5 Å². The molecule has 1 N–H and O–H groups in total. The molecule has 1 aliphatic rings. The molecule has 0 aromatic carbocycles. The van der Waals surface area contributed by atoms with Gasteiger partial charge in [-0.05, 0) is 19.8 Å². The minimum absolute atomic E-state index is 0.0776. The minimum atomic E-state index is -0.487. The standard InChI is InChI=1S/C15H20N4O3/c1-12(13-6-5-7-14(10-13)19(21)22)16-17-15(20)11-18-8-3-2-4-9-18/h2-4,8-9,13-14H,5-7,10-11H2,1H3/p+1/b16-12-/t13-,14+/m0/s1. The second-order valence-electron chi connectivity index (χ2n) is 5.64. The fourth-order valence-electron chi connectivity index (χ4n) is 2.72. The third-order valence-electron chi connectivity index (χ3n) is 4.00. The van der Waals surface area contributed by atoms with Gasteiger partial charge in [0.1, 0.15) is 0 Å². The van der Waals surface area contributed by atoms with Crippen molar-refractivity contribution in [2.75, 3.05) is 0 Å². The Balaban J connectivity index is 1.86. The van der Waals surface area contributed by atoms with Crippen molar-refractivity contribution in [3.63, 3.8) is 0 Å². The van der Waals surface area contributed by atoms with Crippen molar-refractivity contribution in [3.8, 4) is 0 Å². The molecule has 1 aromatic heterocycles. The van der Waals surface area contributed by atoms with Gasteiger partial charge in [0.05, 0.1) is 0 Å².